The molecule has 0 N–H and O–H groups in total. The highest BCUT2D eigenvalue weighted by Gasteiger charge is 2.44. The molecule has 2 aliphatic rings. The van der Waals surface area contributed by atoms with Gasteiger partial charge in [0.15, 0.2) is 0 Å². The maximum atomic E-state index is 6.01. The SMILES string of the molecule is Br.CC1CN([C@@H]2C[C@H]2c2ccccc2)CCN1c1ccc(Cl)cc1. The van der Waals surface area contributed by atoms with Gasteiger partial charge in [-0.25, -0.2) is 0 Å². The second kappa shape index (κ2) is 7.47. The Morgan fingerprint density at radius 2 is 1.67 bits per heavy atom. The molecule has 0 aromatic heterocycles. The van der Waals surface area contributed by atoms with Crippen LogP contribution >= 0.6 is 28.6 Å². The van der Waals surface area contributed by atoms with Crippen molar-refractivity contribution in [2.45, 2.75) is 31.3 Å². The first-order chi connectivity index (χ1) is 11.2. The number of rotatable bonds is 3. The van der Waals surface area contributed by atoms with Crippen LogP contribution in [-0.2, 0) is 0 Å². The summed E-state index contributed by atoms with van der Waals surface area (Å²) >= 11 is 6.01. The van der Waals surface area contributed by atoms with Gasteiger partial charge in [0, 0.05) is 48.3 Å². The van der Waals surface area contributed by atoms with Gasteiger partial charge in [0.25, 0.3) is 0 Å². The van der Waals surface area contributed by atoms with Crippen LogP contribution in [0.4, 0.5) is 5.69 Å². The highest BCUT2D eigenvalue weighted by atomic mass is 79.9. The Morgan fingerprint density at radius 1 is 0.958 bits per heavy atom. The van der Waals surface area contributed by atoms with Crippen molar-refractivity contribution in [1.82, 2.24) is 4.90 Å². The first kappa shape index (κ1) is 17.8. The third-order valence-electron chi connectivity index (χ3n) is 5.27. The van der Waals surface area contributed by atoms with E-state index < -0.39 is 0 Å². The van der Waals surface area contributed by atoms with Gasteiger partial charge in [-0.1, -0.05) is 41.9 Å². The number of nitrogens with zero attached hydrogens (tertiary/aromatic N) is 2. The van der Waals surface area contributed by atoms with E-state index in [0.717, 1.165) is 36.6 Å². The van der Waals surface area contributed by atoms with Crippen molar-refractivity contribution in [3.8, 4) is 0 Å². The molecule has 128 valence electrons. The largest absolute Gasteiger partial charge is 0.366 e. The van der Waals surface area contributed by atoms with Crippen molar-refractivity contribution in [3.05, 3.63) is 65.2 Å². The molecule has 0 amide bonds. The van der Waals surface area contributed by atoms with Crippen molar-refractivity contribution in [1.29, 1.82) is 0 Å². The lowest BCUT2D eigenvalue weighted by Gasteiger charge is -2.41. The van der Waals surface area contributed by atoms with E-state index in [1.54, 1.807) is 0 Å². The zero-order valence-corrected chi connectivity index (χ0v) is 16.4. The summed E-state index contributed by atoms with van der Waals surface area (Å²) in [6.07, 6.45) is 1.32. The maximum Gasteiger partial charge on any atom is 0.0407 e. The molecule has 0 bridgehead atoms. The van der Waals surface area contributed by atoms with E-state index in [1.165, 1.54) is 17.7 Å². The van der Waals surface area contributed by atoms with Crippen LogP contribution in [-0.4, -0.2) is 36.6 Å². The number of benzene rings is 2. The fraction of sp³-hybridized carbons (Fsp3) is 0.400. The van der Waals surface area contributed by atoms with E-state index in [0.29, 0.717) is 6.04 Å². The maximum absolute atomic E-state index is 6.01. The van der Waals surface area contributed by atoms with Crippen LogP contribution in [0.5, 0.6) is 0 Å². The summed E-state index contributed by atoms with van der Waals surface area (Å²) in [6, 6.07) is 20.5. The molecule has 4 rings (SSSR count). The van der Waals surface area contributed by atoms with Gasteiger partial charge in [-0.2, -0.15) is 0 Å². The zero-order valence-electron chi connectivity index (χ0n) is 13.9. The molecule has 3 atom stereocenters. The normalized spacial score (nSPS) is 26.8. The number of anilines is 1. The van der Waals surface area contributed by atoms with Crippen LogP contribution in [0.2, 0.25) is 5.02 Å². The molecule has 2 aromatic rings. The van der Waals surface area contributed by atoms with Crippen molar-refractivity contribution < 1.29 is 0 Å². The monoisotopic (exact) mass is 406 g/mol. The molecule has 2 nitrogen and oxygen atoms in total. The van der Waals surface area contributed by atoms with Crippen molar-refractivity contribution in [2.24, 2.45) is 0 Å². The van der Waals surface area contributed by atoms with E-state index in [2.05, 4.69) is 59.2 Å². The summed E-state index contributed by atoms with van der Waals surface area (Å²) in [5.74, 6) is 0.741. The number of halogens is 2. The van der Waals surface area contributed by atoms with Crippen molar-refractivity contribution >= 4 is 34.3 Å². The average molecular weight is 408 g/mol. The van der Waals surface area contributed by atoms with E-state index in [-0.39, 0.29) is 17.0 Å². The van der Waals surface area contributed by atoms with Gasteiger partial charge >= 0.3 is 0 Å². The smallest absolute Gasteiger partial charge is 0.0407 e. The minimum Gasteiger partial charge on any atom is -0.366 e. The fourth-order valence-corrected chi connectivity index (χ4v) is 4.07. The zero-order chi connectivity index (χ0) is 15.8. The van der Waals surface area contributed by atoms with Crippen LogP contribution in [0.3, 0.4) is 0 Å². The first-order valence-corrected chi connectivity index (χ1v) is 8.91. The minimum absolute atomic E-state index is 0. The third kappa shape index (κ3) is 3.63. The van der Waals surface area contributed by atoms with E-state index in [4.69, 9.17) is 11.6 Å². The molecule has 1 aliphatic carbocycles. The molecule has 1 saturated heterocycles. The van der Waals surface area contributed by atoms with Gasteiger partial charge in [-0.05, 0) is 43.2 Å². The highest BCUT2D eigenvalue weighted by Crippen LogP contribution is 2.45. The molecule has 0 spiro atoms. The molecule has 4 heteroatoms. The summed E-state index contributed by atoms with van der Waals surface area (Å²) < 4.78 is 0. The second-order valence-electron chi connectivity index (χ2n) is 6.83. The Morgan fingerprint density at radius 3 is 2.33 bits per heavy atom. The molecule has 24 heavy (non-hydrogen) atoms. The number of piperazine rings is 1. The van der Waals surface area contributed by atoms with Crippen LogP contribution in [0, 0.1) is 0 Å². The Bertz CT molecular complexity index is 661. The Hall–Kier alpha value is -1.03. The van der Waals surface area contributed by atoms with Crippen LogP contribution in [0.15, 0.2) is 54.6 Å². The lowest BCUT2D eigenvalue weighted by atomic mass is 10.1. The molecule has 1 unspecified atom stereocenters. The summed E-state index contributed by atoms with van der Waals surface area (Å²) in [5, 5.41) is 0.809. The fourth-order valence-electron chi connectivity index (χ4n) is 3.95. The van der Waals surface area contributed by atoms with Gasteiger partial charge in [-0.15, -0.1) is 17.0 Å². The van der Waals surface area contributed by atoms with Crippen LogP contribution < -0.4 is 4.90 Å². The number of hydrogen-bond acceptors (Lipinski definition) is 2. The van der Waals surface area contributed by atoms with E-state index in [1.807, 2.05) is 12.1 Å². The van der Waals surface area contributed by atoms with Gasteiger partial charge in [0.05, 0.1) is 0 Å². The van der Waals surface area contributed by atoms with E-state index in [9.17, 15) is 0 Å². The van der Waals surface area contributed by atoms with Gasteiger partial charge < -0.3 is 4.90 Å². The van der Waals surface area contributed by atoms with Gasteiger partial charge in [-0.3, -0.25) is 4.90 Å². The quantitative estimate of drug-likeness (QED) is 0.707. The summed E-state index contributed by atoms with van der Waals surface area (Å²) in [5.41, 5.74) is 2.79. The Labute approximate surface area is 160 Å². The van der Waals surface area contributed by atoms with Crippen molar-refractivity contribution in [2.75, 3.05) is 24.5 Å². The average Bonchev–Trinajstić information content (AvgIpc) is 3.37. The van der Waals surface area contributed by atoms with Gasteiger partial charge in [0.1, 0.15) is 0 Å². The summed E-state index contributed by atoms with van der Waals surface area (Å²) in [4.78, 5) is 5.20. The Balaban J connectivity index is 0.00000169. The summed E-state index contributed by atoms with van der Waals surface area (Å²) in [7, 11) is 0. The topological polar surface area (TPSA) is 6.48 Å². The number of hydrogen-bond donors (Lipinski definition) is 0. The lowest BCUT2D eigenvalue weighted by molar-refractivity contribution is 0.216. The molecular weight excluding hydrogens is 384 g/mol. The van der Waals surface area contributed by atoms with Gasteiger partial charge in [0.2, 0.25) is 0 Å². The molecule has 2 aromatic carbocycles. The Kier molecular flexibility index (Phi) is 5.53. The standard InChI is InChI=1S/C20H23ClN2.BrH/c1-15-14-22(20-13-19(20)16-5-3-2-4-6-16)11-12-23(15)18-9-7-17(21)8-10-18;/h2-10,15,19-20H,11-14H2,1H3;1H/t15?,19-,20+;/m0./s1. The van der Waals surface area contributed by atoms with Crippen LogP contribution in [0.25, 0.3) is 0 Å². The minimum atomic E-state index is 0. The molecule has 0 radical (unpaired) electrons. The highest BCUT2D eigenvalue weighted by molar-refractivity contribution is 8.93. The predicted octanol–water partition coefficient (Wildman–Crippen LogP) is 4.98. The lowest BCUT2D eigenvalue weighted by Crippen LogP contribution is -2.52. The van der Waals surface area contributed by atoms with Crippen LogP contribution in [0.1, 0.15) is 24.8 Å². The van der Waals surface area contributed by atoms with E-state index >= 15 is 0 Å². The second-order valence-corrected chi connectivity index (χ2v) is 7.27. The van der Waals surface area contributed by atoms with Crippen molar-refractivity contribution in [3.63, 3.8) is 0 Å². The predicted molar refractivity (Wildman–Crippen MR) is 108 cm³/mol. The molecule has 1 saturated carbocycles. The molecule has 1 heterocycles. The molecular formula is C20H24BrClN2. The molecule has 2 fully saturated rings. The first-order valence-electron chi connectivity index (χ1n) is 8.53. The molecule has 1 aliphatic heterocycles. The third-order valence-corrected chi connectivity index (χ3v) is 5.52. The summed E-state index contributed by atoms with van der Waals surface area (Å²) in [6.45, 7) is 5.74.